The largest absolute Gasteiger partial charge is 0.508 e. The van der Waals surface area contributed by atoms with Crippen molar-refractivity contribution in [2.24, 2.45) is 5.73 Å². The predicted octanol–water partition coefficient (Wildman–Crippen LogP) is 2.12. The molecule has 0 unspecified atom stereocenters. The van der Waals surface area contributed by atoms with E-state index in [1.54, 1.807) is 25.3 Å². The van der Waals surface area contributed by atoms with Gasteiger partial charge in [0.05, 0.1) is 12.3 Å². The summed E-state index contributed by atoms with van der Waals surface area (Å²) in [5.41, 5.74) is 7.44. The van der Waals surface area contributed by atoms with Gasteiger partial charge >= 0.3 is 0 Å². The smallest absolute Gasteiger partial charge is 0.124 e. The van der Waals surface area contributed by atoms with Crippen molar-refractivity contribution in [1.82, 2.24) is 4.98 Å². The Bertz CT molecular complexity index is 511. The Morgan fingerprint density at radius 2 is 2.29 bits per heavy atom. The molecule has 0 atom stereocenters. The van der Waals surface area contributed by atoms with Crippen molar-refractivity contribution in [1.29, 1.82) is 0 Å². The van der Waals surface area contributed by atoms with E-state index in [4.69, 9.17) is 10.5 Å². The van der Waals surface area contributed by atoms with Gasteiger partial charge in [-0.05, 0) is 12.1 Å². The Balaban J connectivity index is 2.39. The molecular weight excluding hydrogens is 236 g/mol. The minimum Gasteiger partial charge on any atom is -0.508 e. The maximum atomic E-state index is 9.44. The molecule has 1 heterocycles. The molecule has 0 spiro atoms. The number of hydrogen-bond donors (Lipinski definition) is 2. The van der Waals surface area contributed by atoms with Gasteiger partial charge < -0.3 is 15.6 Å². The van der Waals surface area contributed by atoms with E-state index < -0.39 is 0 Å². The molecule has 0 radical (unpaired) electrons. The molecule has 1 aromatic heterocycles. The van der Waals surface area contributed by atoms with Crippen LogP contribution in [0.5, 0.6) is 5.75 Å². The molecule has 0 fully saturated rings. The van der Waals surface area contributed by atoms with E-state index in [0.29, 0.717) is 13.2 Å². The van der Waals surface area contributed by atoms with Crippen LogP contribution in [0.3, 0.4) is 0 Å². The number of nitrogens with zero attached hydrogens (tertiary/aromatic N) is 1. The zero-order valence-corrected chi connectivity index (χ0v) is 10.3. The van der Waals surface area contributed by atoms with Crippen LogP contribution in [0.1, 0.15) is 10.6 Å². The molecule has 0 bridgehead atoms. The van der Waals surface area contributed by atoms with Crippen molar-refractivity contribution in [3.63, 3.8) is 0 Å². The molecule has 0 aliphatic carbocycles. The first kappa shape index (κ1) is 12.0. The number of aromatic hydroxyl groups is 1. The van der Waals surface area contributed by atoms with Gasteiger partial charge in [0.2, 0.25) is 0 Å². The van der Waals surface area contributed by atoms with Crippen molar-refractivity contribution < 1.29 is 9.84 Å². The van der Waals surface area contributed by atoms with Gasteiger partial charge in [-0.3, -0.25) is 0 Å². The zero-order chi connectivity index (χ0) is 12.3. The van der Waals surface area contributed by atoms with Crippen LogP contribution < -0.4 is 5.73 Å². The van der Waals surface area contributed by atoms with Crippen molar-refractivity contribution in [3.8, 4) is 16.3 Å². The second-order valence-corrected chi connectivity index (χ2v) is 4.66. The van der Waals surface area contributed by atoms with Gasteiger partial charge in [-0.2, -0.15) is 0 Å². The number of ether oxygens (including phenoxy) is 1. The molecule has 0 saturated heterocycles. The van der Waals surface area contributed by atoms with E-state index in [0.717, 1.165) is 21.1 Å². The minimum absolute atomic E-state index is 0.236. The third kappa shape index (κ3) is 2.63. The first-order chi connectivity index (χ1) is 8.24. The summed E-state index contributed by atoms with van der Waals surface area (Å²) in [5.74, 6) is 0.236. The van der Waals surface area contributed by atoms with Crippen LogP contribution in [-0.2, 0) is 17.9 Å². The first-order valence-electron chi connectivity index (χ1n) is 5.21. The Morgan fingerprint density at radius 1 is 1.47 bits per heavy atom. The summed E-state index contributed by atoms with van der Waals surface area (Å²) in [7, 11) is 1.63. The number of benzene rings is 1. The maximum Gasteiger partial charge on any atom is 0.124 e. The Morgan fingerprint density at radius 3 is 2.94 bits per heavy atom. The second-order valence-electron chi connectivity index (χ2n) is 3.58. The Kier molecular flexibility index (Phi) is 3.73. The molecule has 3 N–H and O–H groups in total. The van der Waals surface area contributed by atoms with Crippen molar-refractivity contribution in [2.75, 3.05) is 7.11 Å². The van der Waals surface area contributed by atoms with Crippen molar-refractivity contribution >= 4 is 11.3 Å². The van der Waals surface area contributed by atoms with Crippen LogP contribution in [-0.4, -0.2) is 17.2 Å². The lowest BCUT2D eigenvalue weighted by molar-refractivity contribution is 0.181. The van der Waals surface area contributed by atoms with Crippen LogP contribution in [0.4, 0.5) is 0 Å². The number of nitrogens with two attached hydrogens (primary N) is 1. The number of aromatic nitrogens is 1. The van der Waals surface area contributed by atoms with Crippen LogP contribution in [0, 0.1) is 0 Å². The van der Waals surface area contributed by atoms with E-state index >= 15 is 0 Å². The maximum absolute atomic E-state index is 9.44. The van der Waals surface area contributed by atoms with E-state index in [-0.39, 0.29) is 5.75 Å². The van der Waals surface area contributed by atoms with E-state index in [1.165, 1.54) is 11.3 Å². The normalized spacial score (nSPS) is 10.7. The minimum atomic E-state index is 0.236. The predicted molar refractivity (Wildman–Crippen MR) is 67.8 cm³/mol. The molecule has 0 amide bonds. The highest BCUT2D eigenvalue weighted by Gasteiger charge is 2.11. The molecule has 2 aromatic rings. The number of methoxy groups -OCH3 is 1. The molecule has 4 nitrogen and oxygen atoms in total. The van der Waals surface area contributed by atoms with Gasteiger partial charge in [0.15, 0.2) is 0 Å². The number of phenolic OH excluding ortho intramolecular Hbond substituents is 1. The van der Waals surface area contributed by atoms with Crippen LogP contribution >= 0.6 is 11.3 Å². The summed E-state index contributed by atoms with van der Waals surface area (Å²) in [4.78, 5) is 5.50. The fourth-order valence-electron chi connectivity index (χ4n) is 1.55. The second kappa shape index (κ2) is 5.27. The average Bonchev–Trinajstić information content (AvgIpc) is 2.73. The number of phenols is 1. The fraction of sp³-hybridized carbons (Fsp3) is 0.250. The monoisotopic (exact) mass is 250 g/mol. The van der Waals surface area contributed by atoms with Crippen LogP contribution in [0.2, 0.25) is 0 Å². The highest BCUT2D eigenvalue weighted by Crippen LogP contribution is 2.30. The summed E-state index contributed by atoms with van der Waals surface area (Å²) in [5, 5.41) is 10.3. The molecular formula is C12H14N2O2S. The van der Waals surface area contributed by atoms with Gasteiger partial charge in [-0.25, -0.2) is 4.98 Å². The quantitative estimate of drug-likeness (QED) is 0.872. The summed E-state index contributed by atoms with van der Waals surface area (Å²) in [6.07, 6.45) is 0. The summed E-state index contributed by atoms with van der Waals surface area (Å²) in [6, 6.07) is 7.03. The lowest BCUT2D eigenvalue weighted by Gasteiger charge is -1.97. The van der Waals surface area contributed by atoms with Crippen molar-refractivity contribution in [2.45, 2.75) is 13.2 Å². The first-order valence-corrected chi connectivity index (χ1v) is 6.03. The van der Waals surface area contributed by atoms with Gasteiger partial charge in [0, 0.05) is 24.1 Å². The fourth-order valence-corrected chi connectivity index (χ4v) is 2.49. The third-order valence-corrected chi connectivity index (χ3v) is 3.51. The van der Waals surface area contributed by atoms with Crippen LogP contribution in [0.15, 0.2) is 24.3 Å². The number of hydrogen-bond acceptors (Lipinski definition) is 5. The highest BCUT2D eigenvalue weighted by atomic mass is 32.1. The van der Waals surface area contributed by atoms with Gasteiger partial charge in [0.25, 0.3) is 0 Å². The Hall–Kier alpha value is -1.43. The van der Waals surface area contributed by atoms with Gasteiger partial charge in [-0.15, -0.1) is 11.3 Å². The summed E-state index contributed by atoms with van der Waals surface area (Å²) in [6.45, 7) is 0.914. The molecule has 0 aliphatic rings. The SMILES string of the molecule is COCc1nc(-c2cccc(O)c2)sc1CN. The van der Waals surface area contributed by atoms with E-state index in [1.807, 2.05) is 6.07 Å². The average molecular weight is 250 g/mol. The summed E-state index contributed by atoms with van der Waals surface area (Å²) >= 11 is 1.53. The van der Waals surface area contributed by atoms with Gasteiger partial charge in [0.1, 0.15) is 10.8 Å². The third-order valence-electron chi connectivity index (χ3n) is 2.34. The van der Waals surface area contributed by atoms with E-state index in [2.05, 4.69) is 4.98 Å². The molecule has 0 saturated carbocycles. The van der Waals surface area contributed by atoms with E-state index in [9.17, 15) is 5.11 Å². The summed E-state index contributed by atoms with van der Waals surface area (Å²) < 4.78 is 5.08. The lowest BCUT2D eigenvalue weighted by atomic mass is 10.2. The Labute approximate surface area is 104 Å². The zero-order valence-electron chi connectivity index (χ0n) is 9.51. The molecule has 17 heavy (non-hydrogen) atoms. The number of thiazole rings is 1. The highest BCUT2D eigenvalue weighted by molar-refractivity contribution is 7.15. The number of rotatable bonds is 4. The topological polar surface area (TPSA) is 68.4 Å². The van der Waals surface area contributed by atoms with Gasteiger partial charge in [-0.1, -0.05) is 12.1 Å². The molecule has 90 valence electrons. The van der Waals surface area contributed by atoms with Crippen molar-refractivity contribution in [3.05, 3.63) is 34.8 Å². The van der Waals surface area contributed by atoms with Crippen LogP contribution in [0.25, 0.3) is 10.6 Å². The molecule has 1 aromatic carbocycles. The molecule has 5 heteroatoms. The molecule has 2 rings (SSSR count). The molecule has 0 aliphatic heterocycles. The lowest BCUT2D eigenvalue weighted by Crippen LogP contribution is -1.99. The standard InChI is InChI=1S/C12H14N2O2S/c1-16-7-10-11(6-13)17-12(14-10)8-3-2-4-9(15)5-8/h2-5,15H,6-7,13H2,1H3.